The van der Waals surface area contributed by atoms with Crippen LogP contribution in [0.25, 0.3) is 0 Å². The van der Waals surface area contributed by atoms with Crippen LogP contribution in [-0.4, -0.2) is 70.0 Å². The van der Waals surface area contributed by atoms with Crippen LogP contribution in [0, 0.1) is 46.8 Å². The Kier molecular flexibility index (Phi) is 10.3. The minimum absolute atomic E-state index is 0.0823. The van der Waals surface area contributed by atoms with Gasteiger partial charge in [-0.25, -0.2) is 4.79 Å². The van der Waals surface area contributed by atoms with Gasteiger partial charge in [-0.2, -0.15) is 11.8 Å². The van der Waals surface area contributed by atoms with E-state index in [4.69, 9.17) is 11.3 Å². The monoisotopic (exact) mass is 615 g/mol. The smallest absolute Gasteiger partial charge is 0.326 e. The Labute approximate surface area is 260 Å². The number of carbonyl (C=O) groups is 3. The number of carbonyl (C=O) groups excluding carboxylic acids is 2. The molecule has 8 atom stereocenters. The first-order chi connectivity index (χ1) is 20.3. The van der Waals surface area contributed by atoms with E-state index in [1.807, 2.05) is 6.26 Å². The Morgan fingerprint density at radius 3 is 2.51 bits per heavy atom. The minimum atomic E-state index is -1.10. The molecule has 0 unspecified atom stereocenters. The van der Waals surface area contributed by atoms with Crippen LogP contribution in [-0.2, 0) is 19.2 Å². The lowest BCUT2D eigenvalue weighted by Gasteiger charge is -2.58. The zero-order valence-electron chi connectivity index (χ0n) is 26.3. The summed E-state index contributed by atoms with van der Waals surface area (Å²) in [5.41, 5.74) is 1.09. The summed E-state index contributed by atoms with van der Waals surface area (Å²) in [4.78, 5) is 42.5. The maximum atomic E-state index is 12.8. The number of nitrogens with one attached hydrogen (secondary N) is 2. The first kappa shape index (κ1) is 33.4. The molecule has 4 rings (SSSR count). The van der Waals surface area contributed by atoms with E-state index in [1.165, 1.54) is 17.3 Å². The van der Waals surface area contributed by atoms with Gasteiger partial charge in [-0.15, -0.1) is 6.42 Å². The van der Waals surface area contributed by atoms with E-state index >= 15 is 0 Å². The van der Waals surface area contributed by atoms with Crippen molar-refractivity contribution in [3.05, 3.63) is 11.6 Å². The molecule has 4 N–H and O–H groups in total. The summed E-state index contributed by atoms with van der Waals surface area (Å²) in [6, 6.07) is -1.90. The number of terminal acetylenes is 1. The fourth-order valence-electron chi connectivity index (χ4n) is 8.57. The van der Waals surface area contributed by atoms with Gasteiger partial charge in [0.05, 0.1) is 5.71 Å². The van der Waals surface area contributed by atoms with Gasteiger partial charge in [-0.05, 0) is 105 Å². The second-order valence-electron chi connectivity index (χ2n) is 13.8. The quantitative estimate of drug-likeness (QED) is 0.202. The van der Waals surface area contributed by atoms with Crippen LogP contribution < -0.4 is 10.6 Å². The summed E-state index contributed by atoms with van der Waals surface area (Å²) in [7, 11) is 0. The summed E-state index contributed by atoms with van der Waals surface area (Å²) in [5, 5.41) is 30.2. The highest BCUT2D eigenvalue weighted by atomic mass is 32.2. The molecule has 0 spiro atoms. The molecule has 0 saturated heterocycles. The van der Waals surface area contributed by atoms with Crippen molar-refractivity contribution < 1.29 is 29.4 Å². The average molecular weight is 616 g/mol. The fraction of sp³-hybridized carbons (Fsp3) is 0.758. The molecule has 2 amide bonds. The number of rotatable bonds is 11. The fourth-order valence-corrected chi connectivity index (χ4v) is 9.05. The van der Waals surface area contributed by atoms with E-state index in [0.29, 0.717) is 36.3 Å². The third-order valence-corrected chi connectivity index (χ3v) is 11.9. The zero-order valence-corrected chi connectivity index (χ0v) is 27.1. The molecule has 0 heterocycles. The average Bonchev–Trinajstić information content (AvgIpc) is 3.24. The number of oxime groups is 1. The van der Waals surface area contributed by atoms with Gasteiger partial charge in [-0.1, -0.05) is 44.3 Å². The summed E-state index contributed by atoms with van der Waals surface area (Å²) < 4.78 is 0. The van der Waals surface area contributed by atoms with E-state index in [9.17, 15) is 24.6 Å². The molecule has 10 heteroatoms. The summed E-state index contributed by atoms with van der Waals surface area (Å²) in [6.45, 7) is 7.84. The van der Waals surface area contributed by atoms with Crippen molar-refractivity contribution in [1.29, 1.82) is 0 Å². The maximum absolute atomic E-state index is 12.8. The van der Waals surface area contributed by atoms with Crippen LogP contribution in [0.2, 0.25) is 0 Å². The van der Waals surface area contributed by atoms with Crippen molar-refractivity contribution in [2.45, 2.75) is 103 Å². The predicted octanol–water partition coefficient (Wildman–Crippen LogP) is 4.15. The third kappa shape index (κ3) is 6.49. The lowest BCUT2D eigenvalue weighted by atomic mass is 9.46. The SMILES string of the molecule is C#C[C@@]1(O)CC[C@H]2[C@@H]3CCC4=C/C(=N\OCC(=O)N[C@H](C(=O)N[C@@H](CCSC)C(=O)O)C(C)C)CC[C@]4(C)[C@H]3CC[C@@]21C. The maximum Gasteiger partial charge on any atom is 0.326 e. The molecule has 0 aliphatic heterocycles. The normalized spacial score (nSPS) is 35.4. The van der Waals surface area contributed by atoms with E-state index in [1.54, 1.807) is 13.8 Å². The zero-order chi connectivity index (χ0) is 31.6. The Morgan fingerprint density at radius 2 is 1.86 bits per heavy atom. The topological polar surface area (TPSA) is 137 Å². The molecular formula is C33H49N3O6S. The largest absolute Gasteiger partial charge is 0.480 e. The Balaban J connectivity index is 1.34. The first-order valence-corrected chi connectivity index (χ1v) is 17.1. The van der Waals surface area contributed by atoms with Crippen molar-refractivity contribution in [3.63, 3.8) is 0 Å². The molecule has 3 fully saturated rings. The second-order valence-corrected chi connectivity index (χ2v) is 14.8. The molecular weight excluding hydrogens is 566 g/mol. The molecule has 238 valence electrons. The number of aliphatic hydroxyl groups is 1. The molecule has 0 aromatic heterocycles. The molecule has 0 aromatic carbocycles. The lowest BCUT2D eigenvalue weighted by molar-refractivity contribution is -0.142. The number of allylic oxidation sites excluding steroid dienone is 2. The highest BCUT2D eigenvalue weighted by molar-refractivity contribution is 7.98. The van der Waals surface area contributed by atoms with Crippen molar-refractivity contribution in [3.8, 4) is 12.3 Å². The van der Waals surface area contributed by atoms with Crippen molar-refractivity contribution >= 4 is 35.3 Å². The van der Waals surface area contributed by atoms with Crippen molar-refractivity contribution in [2.24, 2.45) is 39.7 Å². The van der Waals surface area contributed by atoms with E-state index in [0.717, 1.165) is 50.7 Å². The predicted molar refractivity (Wildman–Crippen MR) is 168 cm³/mol. The number of thioether (sulfide) groups is 1. The highest BCUT2D eigenvalue weighted by Crippen LogP contribution is 2.67. The minimum Gasteiger partial charge on any atom is -0.480 e. The highest BCUT2D eigenvalue weighted by Gasteiger charge is 2.63. The number of fused-ring (bicyclic) bond motifs is 5. The number of hydrogen-bond acceptors (Lipinski definition) is 7. The van der Waals surface area contributed by atoms with Gasteiger partial charge in [0.15, 0.2) is 6.61 Å². The number of amides is 2. The molecule has 0 radical (unpaired) electrons. The number of aliphatic carboxylic acids is 1. The number of carboxylic acids is 1. The standard InChI is InChI=1S/C33H49N3O6S/c1-7-33(41)16-12-25-23-9-8-21-18-22(10-14-31(21,4)24(23)11-15-32(25,33)5)36-42-19-27(37)35-28(20(2)3)29(38)34-26(30(39)40)13-17-43-6/h1,18,20,23-26,28,41H,8-17,19H2,2-6H3,(H,34,38)(H,35,37)(H,39,40)/b36-22-/t23-,24+,25+,26+,28+,31+,32+,33-/m1/s1. The van der Waals surface area contributed by atoms with Crippen molar-refractivity contribution in [1.82, 2.24) is 10.6 Å². The van der Waals surface area contributed by atoms with Crippen LogP contribution >= 0.6 is 11.8 Å². The molecule has 9 nitrogen and oxygen atoms in total. The second kappa shape index (κ2) is 13.2. The number of nitrogens with zero attached hydrogens (tertiary/aromatic N) is 1. The molecule has 0 aromatic rings. The summed E-state index contributed by atoms with van der Waals surface area (Å²) >= 11 is 1.50. The van der Waals surface area contributed by atoms with Crippen LogP contribution in [0.15, 0.2) is 16.8 Å². The molecule has 3 saturated carbocycles. The van der Waals surface area contributed by atoms with E-state index in [-0.39, 0.29) is 23.4 Å². The van der Waals surface area contributed by atoms with Gasteiger partial charge in [0.25, 0.3) is 5.91 Å². The van der Waals surface area contributed by atoms with Gasteiger partial charge in [0.2, 0.25) is 5.91 Å². The van der Waals surface area contributed by atoms with Crippen LogP contribution in [0.4, 0.5) is 0 Å². The van der Waals surface area contributed by atoms with Gasteiger partial charge >= 0.3 is 5.97 Å². The summed E-state index contributed by atoms with van der Waals surface area (Å²) in [5.74, 6) is 2.55. The van der Waals surface area contributed by atoms with Gasteiger partial charge in [-0.3, -0.25) is 9.59 Å². The van der Waals surface area contributed by atoms with Crippen LogP contribution in [0.3, 0.4) is 0 Å². The molecule has 43 heavy (non-hydrogen) atoms. The van der Waals surface area contributed by atoms with Gasteiger partial charge in [0, 0.05) is 5.41 Å². The van der Waals surface area contributed by atoms with E-state index < -0.39 is 35.5 Å². The number of carboxylic acid groups (broad SMARTS) is 1. The molecule has 4 aliphatic rings. The van der Waals surface area contributed by atoms with Crippen LogP contribution in [0.5, 0.6) is 0 Å². The first-order valence-electron chi connectivity index (χ1n) is 15.7. The summed E-state index contributed by atoms with van der Waals surface area (Å²) in [6.07, 6.45) is 17.6. The third-order valence-electron chi connectivity index (χ3n) is 11.2. The Bertz CT molecular complexity index is 1200. The van der Waals surface area contributed by atoms with Crippen LogP contribution in [0.1, 0.15) is 85.5 Å². The van der Waals surface area contributed by atoms with Gasteiger partial charge in [0.1, 0.15) is 17.7 Å². The van der Waals surface area contributed by atoms with E-state index in [2.05, 4.69) is 41.6 Å². The van der Waals surface area contributed by atoms with Gasteiger partial charge < -0.3 is 25.7 Å². The molecule has 0 bridgehead atoms. The Morgan fingerprint density at radius 1 is 1.14 bits per heavy atom. The Hall–Kier alpha value is -2.51. The number of hydrogen-bond donors (Lipinski definition) is 4. The molecule has 4 aliphatic carbocycles. The van der Waals surface area contributed by atoms with Crippen molar-refractivity contribution in [2.75, 3.05) is 18.6 Å². The lowest BCUT2D eigenvalue weighted by Crippen LogP contribution is -2.54.